The summed E-state index contributed by atoms with van der Waals surface area (Å²) in [7, 11) is 1.60. The molecule has 0 saturated carbocycles. The van der Waals surface area contributed by atoms with Crippen molar-refractivity contribution in [3.05, 3.63) is 94.3 Å². The van der Waals surface area contributed by atoms with Gasteiger partial charge < -0.3 is 19.7 Å². The molecule has 1 aromatic heterocycles. The van der Waals surface area contributed by atoms with E-state index in [0.717, 1.165) is 22.7 Å². The molecule has 0 unspecified atom stereocenters. The zero-order valence-electron chi connectivity index (χ0n) is 17.1. The second kappa shape index (κ2) is 8.23. The first-order valence-corrected chi connectivity index (χ1v) is 9.64. The van der Waals surface area contributed by atoms with Crippen LogP contribution in [0, 0.1) is 17.0 Å². The minimum absolute atomic E-state index is 0.0247. The molecule has 3 aromatic carbocycles. The summed E-state index contributed by atoms with van der Waals surface area (Å²) < 4.78 is 6.93. The molecule has 0 bridgehead atoms. The number of aromatic nitrogens is 1. The smallest absolute Gasteiger partial charge is 0.302 e. The zero-order valence-corrected chi connectivity index (χ0v) is 17.1. The largest absolute Gasteiger partial charge is 0.508 e. The third-order valence-corrected chi connectivity index (χ3v) is 5.02. The first kappa shape index (κ1) is 20.0. The highest BCUT2D eigenvalue weighted by Crippen LogP contribution is 2.38. The van der Waals surface area contributed by atoms with Gasteiger partial charge in [0.05, 0.1) is 22.9 Å². The quantitative estimate of drug-likeness (QED) is 0.314. The monoisotopic (exact) mass is 415 g/mol. The van der Waals surface area contributed by atoms with Crippen molar-refractivity contribution in [3.8, 4) is 17.2 Å². The Kier molecular flexibility index (Phi) is 5.32. The van der Waals surface area contributed by atoms with Gasteiger partial charge in [-0.05, 0) is 61.5 Å². The number of phenolic OH excluding ortho intramolecular Hbond substituents is 1. The van der Waals surface area contributed by atoms with Crippen LogP contribution >= 0.6 is 0 Å². The Bertz CT molecular complexity index is 1270. The van der Waals surface area contributed by atoms with E-state index in [1.165, 1.54) is 12.1 Å². The molecule has 7 heteroatoms. The van der Waals surface area contributed by atoms with Crippen LogP contribution in [0.4, 0.5) is 11.4 Å². The first-order valence-electron chi connectivity index (χ1n) is 9.64. The van der Waals surface area contributed by atoms with Crippen molar-refractivity contribution in [1.82, 2.24) is 4.57 Å². The highest BCUT2D eigenvalue weighted by Gasteiger charge is 2.25. The molecule has 0 aliphatic rings. The molecule has 156 valence electrons. The van der Waals surface area contributed by atoms with E-state index >= 15 is 0 Å². The van der Waals surface area contributed by atoms with E-state index < -0.39 is 4.92 Å². The molecule has 0 fully saturated rings. The molecule has 31 heavy (non-hydrogen) atoms. The van der Waals surface area contributed by atoms with Gasteiger partial charge in [0.25, 0.3) is 0 Å². The van der Waals surface area contributed by atoms with E-state index in [4.69, 9.17) is 4.74 Å². The summed E-state index contributed by atoms with van der Waals surface area (Å²) in [4.78, 5) is 11.6. The molecule has 0 atom stereocenters. The first-order chi connectivity index (χ1) is 15.0. The van der Waals surface area contributed by atoms with E-state index in [9.17, 15) is 15.2 Å². The normalized spacial score (nSPS) is 11.2. The van der Waals surface area contributed by atoms with Crippen molar-refractivity contribution in [2.24, 2.45) is 0 Å². The fraction of sp³-hybridized carbons (Fsp3) is 0.0833. The lowest BCUT2D eigenvalue weighted by molar-refractivity contribution is -0.383. The number of benzene rings is 3. The summed E-state index contributed by atoms with van der Waals surface area (Å²) in [5, 5.41) is 25.6. The summed E-state index contributed by atoms with van der Waals surface area (Å²) in [6.07, 6.45) is 3.33. The number of phenols is 1. The lowest BCUT2D eigenvalue weighted by atomic mass is 10.2. The van der Waals surface area contributed by atoms with E-state index in [1.807, 2.05) is 55.5 Å². The lowest BCUT2D eigenvalue weighted by Gasteiger charge is -2.09. The molecule has 0 saturated heterocycles. The zero-order chi connectivity index (χ0) is 22.0. The van der Waals surface area contributed by atoms with Crippen LogP contribution in [0.2, 0.25) is 0 Å². The van der Waals surface area contributed by atoms with E-state index in [0.29, 0.717) is 16.6 Å². The van der Waals surface area contributed by atoms with E-state index in [-0.39, 0.29) is 11.4 Å². The summed E-state index contributed by atoms with van der Waals surface area (Å²) >= 11 is 0. The highest BCUT2D eigenvalue weighted by molar-refractivity contribution is 5.96. The Morgan fingerprint density at radius 3 is 2.42 bits per heavy atom. The van der Waals surface area contributed by atoms with Crippen LogP contribution in [0.1, 0.15) is 11.3 Å². The minimum Gasteiger partial charge on any atom is -0.508 e. The molecule has 0 aliphatic carbocycles. The SMILES string of the molecule is COc1ccc(NC=Cc2c([N+](=O)[O-])c3ccc(O)cc3n2-c2ccc(C)cc2)cc1. The van der Waals surface area contributed by atoms with Crippen molar-refractivity contribution in [2.75, 3.05) is 12.4 Å². The molecule has 1 heterocycles. The van der Waals surface area contributed by atoms with Crippen LogP contribution in [0.25, 0.3) is 22.7 Å². The number of hydrogen-bond donors (Lipinski definition) is 2. The third-order valence-electron chi connectivity index (χ3n) is 5.02. The van der Waals surface area contributed by atoms with Gasteiger partial charge >= 0.3 is 5.69 Å². The Balaban J connectivity index is 1.85. The minimum atomic E-state index is -0.392. The molecular weight excluding hydrogens is 394 g/mol. The van der Waals surface area contributed by atoms with E-state index in [2.05, 4.69) is 5.32 Å². The number of anilines is 1. The molecule has 2 N–H and O–H groups in total. The van der Waals surface area contributed by atoms with Crippen molar-refractivity contribution in [2.45, 2.75) is 6.92 Å². The van der Waals surface area contributed by atoms with Crippen LogP contribution in [0.3, 0.4) is 0 Å². The van der Waals surface area contributed by atoms with Crippen LogP contribution < -0.4 is 10.1 Å². The van der Waals surface area contributed by atoms with Gasteiger partial charge in [0.1, 0.15) is 17.2 Å². The maximum Gasteiger partial charge on any atom is 0.302 e. The third kappa shape index (κ3) is 3.93. The van der Waals surface area contributed by atoms with Crippen LogP contribution in [0.5, 0.6) is 11.5 Å². The Labute approximate surface area is 179 Å². The van der Waals surface area contributed by atoms with Crippen LogP contribution in [0.15, 0.2) is 72.9 Å². The number of nitro groups is 1. The Hall–Kier alpha value is -4.26. The number of ether oxygens (including phenoxy) is 1. The summed E-state index contributed by atoms with van der Waals surface area (Å²) in [6, 6.07) is 19.6. The van der Waals surface area contributed by atoms with Gasteiger partial charge in [-0.1, -0.05) is 17.7 Å². The number of hydrogen-bond acceptors (Lipinski definition) is 5. The second-order valence-corrected chi connectivity index (χ2v) is 7.07. The van der Waals surface area contributed by atoms with Crippen molar-refractivity contribution < 1.29 is 14.8 Å². The van der Waals surface area contributed by atoms with Gasteiger partial charge in [-0.25, -0.2) is 0 Å². The maximum atomic E-state index is 12.0. The van der Waals surface area contributed by atoms with Gasteiger partial charge in [0.2, 0.25) is 0 Å². The fourth-order valence-electron chi connectivity index (χ4n) is 3.50. The van der Waals surface area contributed by atoms with Gasteiger partial charge in [-0.15, -0.1) is 0 Å². The molecular formula is C24H21N3O4. The number of fused-ring (bicyclic) bond motifs is 1. The van der Waals surface area contributed by atoms with Crippen molar-refractivity contribution >= 4 is 28.4 Å². The van der Waals surface area contributed by atoms with Gasteiger partial charge in [0.15, 0.2) is 0 Å². The van der Waals surface area contributed by atoms with Gasteiger partial charge in [-0.2, -0.15) is 0 Å². The Morgan fingerprint density at radius 1 is 1.06 bits per heavy atom. The molecule has 0 amide bonds. The molecule has 0 aliphatic heterocycles. The van der Waals surface area contributed by atoms with Crippen LogP contribution in [-0.2, 0) is 0 Å². The van der Waals surface area contributed by atoms with E-state index in [1.54, 1.807) is 30.0 Å². The lowest BCUT2D eigenvalue weighted by Crippen LogP contribution is -1.99. The maximum absolute atomic E-state index is 12.0. The van der Waals surface area contributed by atoms with Gasteiger partial charge in [0, 0.05) is 23.6 Å². The molecule has 4 aromatic rings. The Morgan fingerprint density at radius 2 is 1.77 bits per heavy atom. The average molecular weight is 415 g/mol. The number of rotatable bonds is 6. The predicted molar refractivity (Wildman–Crippen MR) is 122 cm³/mol. The number of aromatic hydroxyl groups is 1. The second-order valence-electron chi connectivity index (χ2n) is 7.07. The highest BCUT2D eigenvalue weighted by atomic mass is 16.6. The van der Waals surface area contributed by atoms with Gasteiger partial charge in [-0.3, -0.25) is 10.1 Å². The molecule has 7 nitrogen and oxygen atoms in total. The standard InChI is InChI=1S/C24H21N3O4/c1-16-3-7-18(8-4-16)26-22(13-14-25-17-5-10-20(31-2)11-6-17)24(27(29)30)21-12-9-19(28)15-23(21)26/h3-15,25,28H,1-2H3. The number of nitrogens with zero attached hydrogens (tertiary/aromatic N) is 2. The summed E-state index contributed by atoms with van der Waals surface area (Å²) in [5.41, 5.74) is 3.59. The molecule has 4 rings (SSSR count). The average Bonchev–Trinajstić information content (AvgIpc) is 3.08. The summed E-state index contributed by atoms with van der Waals surface area (Å²) in [6.45, 7) is 1.98. The van der Waals surface area contributed by atoms with Crippen molar-refractivity contribution in [3.63, 3.8) is 0 Å². The number of nitrogens with one attached hydrogen (secondary N) is 1. The number of methoxy groups -OCH3 is 1. The van der Waals surface area contributed by atoms with Crippen molar-refractivity contribution in [1.29, 1.82) is 0 Å². The topological polar surface area (TPSA) is 89.6 Å². The van der Waals surface area contributed by atoms with Crippen LogP contribution in [-0.4, -0.2) is 21.7 Å². The molecule has 0 radical (unpaired) electrons. The predicted octanol–water partition coefficient (Wildman–Crippen LogP) is 5.64. The fourth-order valence-corrected chi connectivity index (χ4v) is 3.50. The number of aryl methyl sites for hydroxylation is 1. The summed E-state index contributed by atoms with van der Waals surface area (Å²) in [5.74, 6) is 0.782. The molecule has 0 spiro atoms.